The fourth-order valence-corrected chi connectivity index (χ4v) is 4.79. The fourth-order valence-electron chi connectivity index (χ4n) is 4.79. The van der Waals surface area contributed by atoms with Crippen molar-refractivity contribution in [3.8, 4) is 0 Å². The Kier molecular flexibility index (Phi) is 6.79. The van der Waals surface area contributed by atoms with E-state index in [0.717, 1.165) is 58.2 Å². The van der Waals surface area contributed by atoms with E-state index >= 15 is 0 Å². The molecular weight excluding hydrogens is 330 g/mol. The van der Waals surface area contributed by atoms with Crippen molar-refractivity contribution in [1.82, 2.24) is 15.1 Å². The maximum atomic E-state index is 12.6. The topological polar surface area (TPSA) is 61.9 Å². The largest absolute Gasteiger partial charge is 0.383 e. The zero-order chi connectivity index (χ0) is 18.4. The van der Waals surface area contributed by atoms with Gasteiger partial charge >= 0.3 is 6.03 Å². The van der Waals surface area contributed by atoms with Crippen molar-refractivity contribution >= 4 is 11.9 Å². The number of likely N-dealkylation sites (tertiary alicyclic amines) is 2. The molecule has 3 amide bonds. The third kappa shape index (κ3) is 4.90. The molecule has 148 valence electrons. The molecule has 3 rings (SSSR count). The van der Waals surface area contributed by atoms with Crippen molar-refractivity contribution in [1.29, 1.82) is 0 Å². The van der Waals surface area contributed by atoms with Crippen LogP contribution in [0.15, 0.2) is 0 Å². The summed E-state index contributed by atoms with van der Waals surface area (Å²) < 4.78 is 5.13. The molecule has 3 aliphatic rings. The second kappa shape index (κ2) is 9.07. The minimum Gasteiger partial charge on any atom is -0.383 e. The molecule has 0 aromatic rings. The van der Waals surface area contributed by atoms with Gasteiger partial charge < -0.3 is 19.9 Å². The van der Waals surface area contributed by atoms with Crippen molar-refractivity contribution in [3.63, 3.8) is 0 Å². The number of hydrogen-bond acceptors (Lipinski definition) is 3. The first-order valence-electron chi connectivity index (χ1n) is 10.4. The maximum absolute atomic E-state index is 12.6. The van der Waals surface area contributed by atoms with Gasteiger partial charge in [-0.05, 0) is 43.9 Å². The van der Waals surface area contributed by atoms with Gasteiger partial charge in [-0.15, -0.1) is 0 Å². The fraction of sp³-hybridized carbons (Fsp3) is 0.900. The molecule has 0 unspecified atom stereocenters. The van der Waals surface area contributed by atoms with Gasteiger partial charge in [-0.2, -0.15) is 0 Å². The molecule has 0 aromatic heterocycles. The number of carbonyl (C=O) groups excluding carboxylic acids is 2. The summed E-state index contributed by atoms with van der Waals surface area (Å²) in [5.41, 5.74) is 0.235. The molecule has 2 heterocycles. The summed E-state index contributed by atoms with van der Waals surface area (Å²) in [6.45, 7) is 3.78. The summed E-state index contributed by atoms with van der Waals surface area (Å²) in [6.07, 6.45) is 10.7. The second-order valence-corrected chi connectivity index (χ2v) is 8.40. The minimum atomic E-state index is 0.123. The smallest absolute Gasteiger partial charge is 0.317 e. The maximum Gasteiger partial charge on any atom is 0.317 e. The van der Waals surface area contributed by atoms with E-state index in [9.17, 15) is 9.59 Å². The van der Waals surface area contributed by atoms with Gasteiger partial charge in [0.05, 0.1) is 6.61 Å². The van der Waals surface area contributed by atoms with Crippen LogP contribution in [0.1, 0.15) is 64.2 Å². The van der Waals surface area contributed by atoms with Crippen LogP contribution in [0.2, 0.25) is 0 Å². The molecule has 1 spiro atoms. The van der Waals surface area contributed by atoms with E-state index in [1.807, 2.05) is 9.80 Å². The highest BCUT2D eigenvalue weighted by Gasteiger charge is 2.39. The first-order chi connectivity index (χ1) is 12.6. The van der Waals surface area contributed by atoms with Crippen molar-refractivity contribution in [3.05, 3.63) is 0 Å². The zero-order valence-electron chi connectivity index (χ0n) is 16.3. The van der Waals surface area contributed by atoms with E-state index in [2.05, 4.69) is 5.32 Å². The van der Waals surface area contributed by atoms with Crippen LogP contribution in [-0.2, 0) is 9.53 Å². The van der Waals surface area contributed by atoms with E-state index in [1.54, 1.807) is 7.11 Å². The van der Waals surface area contributed by atoms with Crippen LogP contribution in [0.3, 0.4) is 0 Å². The van der Waals surface area contributed by atoms with E-state index < -0.39 is 0 Å². The standard InChI is InChI=1S/C20H35N3O3/c1-26-16-15-22-12-9-20(8-7-18(22)24)10-13-23(14-11-20)19(25)21-17-5-3-2-4-6-17/h17H,2-16H2,1H3,(H,21,25). The number of carbonyl (C=O) groups is 2. The third-order valence-corrected chi connectivity index (χ3v) is 6.74. The molecule has 1 aliphatic carbocycles. The lowest BCUT2D eigenvalue weighted by Crippen LogP contribution is -2.50. The zero-order valence-corrected chi connectivity index (χ0v) is 16.3. The average Bonchev–Trinajstić information content (AvgIpc) is 2.81. The molecule has 0 atom stereocenters. The SMILES string of the molecule is COCCN1CCC2(CCC1=O)CCN(C(=O)NC1CCCCC1)CC2. The Labute approximate surface area is 157 Å². The summed E-state index contributed by atoms with van der Waals surface area (Å²) in [5.74, 6) is 0.261. The van der Waals surface area contributed by atoms with Crippen LogP contribution in [0.5, 0.6) is 0 Å². The lowest BCUT2D eigenvalue weighted by atomic mass is 9.73. The van der Waals surface area contributed by atoms with E-state index in [0.29, 0.717) is 25.6 Å². The molecule has 2 aliphatic heterocycles. The van der Waals surface area contributed by atoms with E-state index in [4.69, 9.17) is 4.74 Å². The molecule has 3 fully saturated rings. The predicted octanol–water partition coefficient (Wildman–Crippen LogP) is 2.77. The Morgan fingerprint density at radius 1 is 1.12 bits per heavy atom. The molecule has 1 saturated carbocycles. The molecule has 0 radical (unpaired) electrons. The molecule has 2 saturated heterocycles. The summed E-state index contributed by atoms with van der Waals surface area (Å²) in [5, 5.41) is 3.24. The van der Waals surface area contributed by atoms with Gasteiger partial charge in [0.25, 0.3) is 0 Å². The summed E-state index contributed by atoms with van der Waals surface area (Å²) >= 11 is 0. The van der Waals surface area contributed by atoms with Crippen molar-refractivity contribution < 1.29 is 14.3 Å². The van der Waals surface area contributed by atoms with Gasteiger partial charge in [0.1, 0.15) is 0 Å². The first kappa shape index (κ1) is 19.5. The number of hydrogen-bond donors (Lipinski definition) is 1. The first-order valence-corrected chi connectivity index (χ1v) is 10.4. The molecule has 1 N–H and O–H groups in total. The van der Waals surface area contributed by atoms with Crippen LogP contribution in [0.25, 0.3) is 0 Å². The quantitative estimate of drug-likeness (QED) is 0.833. The Balaban J connectivity index is 1.47. The van der Waals surface area contributed by atoms with Gasteiger partial charge in [0.15, 0.2) is 0 Å². The minimum absolute atomic E-state index is 0.123. The Bertz CT molecular complexity index is 483. The molecule has 26 heavy (non-hydrogen) atoms. The third-order valence-electron chi connectivity index (χ3n) is 6.74. The number of nitrogens with zero attached hydrogens (tertiary/aromatic N) is 2. The van der Waals surface area contributed by atoms with E-state index in [1.165, 1.54) is 19.3 Å². The van der Waals surface area contributed by atoms with Gasteiger partial charge in [-0.1, -0.05) is 19.3 Å². The second-order valence-electron chi connectivity index (χ2n) is 8.40. The number of nitrogens with one attached hydrogen (secondary N) is 1. The predicted molar refractivity (Wildman–Crippen MR) is 101 cm³/mol. The Morgan fingerprint density at radius 3 is 2.50 bits per heavy atom. The molecular formula is C20H35N3O3. The van der Waals surface area contributed by atoms with Crippen LogP contribution in [0, 0.1) is 5.41 Å². The van der Waals surface area contributed by atoms with Crippen LogP contribution >= 0.6 is 0 Å². The van der Waals surface area contributed by atoms with Crippen LogP contribution in [0.4, 0.5) is 4.79 Å². The number of piperidine rings is 1. The number of rotatable bonds is 4. The number of ether oxygens (including phenoxy) is 1. The number of urea groups is 1. The van der Waals surface area contributed by atoms with Gasteiger partial charge in [0.2, 0.25) is 5.91 Å². The van der Waals surface area contributed by atoms with Crippen molar-refractivity contribution in [2.75, 3.05) is 39.9 Å². The monoisotopic (exact) mass is 365 g/mol. The highest BCUT2D eigenvalue weighted by molar-refractivity contribution is 5.76. The van der Waals surface area contributed by atoms with Gasteiger partial charge in [0, 0.05) is 45.8 Å². The van der Waals surface area contributed by atoms with Crippen LogP contribution < -0.4 is 5.32 Å². The number of methoxy groups -OCH3 is 1. The molecule has 0 aromatic carbocycles. The van der Waals surface area contributed by atoms with Crippen LogP contribution in [-0.4, -0.2) is 67.7 Å². The normalized spacial score (nSPS) is 24.6. The summed E-state index contributed by atoms with van der Waals surface area (Å²) in [6, 6.07) is 0.496. The Hall–Kier alpha value is -1.30. The lowest BCUT2D eigenvalue weighted by Gasteiger charge is -2.42. The molecule has 6 heteroatoms. The highest BCUT2D eigenvalue weighted by Crippen LogP contribution is 2.41. The summed E-state index contributed by atoms with van der Waals surface area (Å²) in [4.78, 5) is 28.9. The Morgan fingerprint density at radius 2 is 1.81 bits per heavy atom. The molecule has 0 bridgehead atoms. The van der Waals surface area contributed by atoms with Gasteiger partial charge in [-0.25, -0.2) is 4.79 Å². The number of amides is 3. The van der Waals surface area contributed by atoms with Crippen molar-refractivity contribution in [2.45, 2.75) is 70.3 Å². The van der Waals surface area contributed by atoms with Crippen molar-refractivity contribution in [2.24, 2.45) is 5.41 Å². The lowest BCUT2D eigenvalue weighted by molar-refractivity contribution is -0.131. The van der Waals surface area contributed by atoms with E-state index in [-0.39, 0.29) is 17.4 Å². The highest BCUT2D eigenvalue weighted by atomic mass is 16.5. The summed E-state index contributed by atoms with van der Waals surface area (Å²) in [7, 11) is 1.68. The molecule has 6 nitrogen and oxygen atoms in total. The average molecular weight is 366 g/mol. The van der Waals surface area contributed by atoms with Gasteiger partial charge in [-0.3, -0.25) is 4.79 Å².